The van der Waals surface area contributed by atoms with Crippen molar-refractivity contribution in [1.29, 1.82) is 0 Å². The number of hydrogen-bond donors (Lipinski definition) is 2. The maximum absolute atomic E-state index is 11.8. The van der Waals surface area contributed by atoms with E-state index in [1.807, 2.05) is 19.1 Å². The zero-order valence-corrected chi connectivity index (χ0v) is 19.6. The molecular formula is C20H29BrN4O3S. The van der Waals surface area contributed by atoms with Crippen LogP contribution in [0.25, 0.3) is 0 Å². The van der Waals surface area contributed by atoms with Crippen molar-refractivity contribution >= 4 is 45.4 Å². The van der Waals surface area contributed by atoms with Crippen LogP contribution in [-0.2, 0) is 4.79 Å². The Labute approximate surface area is 186 Å². The van der Waals surface area contributed by atoms with Crippen molar-refractivity contribution in [1.82, 2.24) is 15.6 Å². The summed E-state index contributed by atoms with van der Waals surface area (Å²) in [4.78, 5) is 13.3. The molecule has 0 radical (unpaired) electrons. The standard InChI is InChI=1S/C20H29BrN4O3S/c1-4-27-17-11-14(10-16(21)19(17)28-13-18(26)25(2)3)12-22-24-20(29)23-15-8-6-5-7-9-15/h10-12,15H,4-9,13H2,1-3H3,(H2,23,24,29). The first-order valence-corrected chi connectivity index (χ1v) is 11.0. The predicted molar refractivity (Wildman–Crippen MR) is 123 cm³/mol. The summed E-state index contributed by atoms with van der Waals surface area (Å²) < 4.78 is 12.0. The molecule has 160 valence electrons. The van der Waals surface area contributed by atoms with E-state index in [0.717, 1.165) is 18.4 Å². The van der Waals surface area contributed by atoms with Crippen molar-refractivity contribution < 1.29 is 14.3 Å². The van der Waals surface area contributed by atoms with E-state index in [-0.39, 0.29) is 12.5 Å². The van der Waals surface area contributed by atoms with Gasteiger partial charge in [0.15, 0.2) is 23.2 Å². The summed E-state index contributed by atoms with van der Waals surface area (Å²) in [6, 6.07) is 4.09. The van der Waals surface area contributed by atoms with Crippen LogP contribution in [0.5, 0.6) is 11.5 Å². The average molecular weight is 485 g/mol. The van der Waals surface area contributed by atoms with Gasteiger partial charge in [0.1, 0.15) is 0 Å². The number of nitrogens with zero attached hydrogens (tertiary/aromatic N) is 2. The van der Waals surface area contributed by atoms with Crippen LogP contribution in [0.15, 0.2) is 21.7 Å². The Bertz CT molecular complexity index is 737. The van der Waals surface area contributed by atoms with Crippen molar-refractivity contribution in [2.75, 3.05) is 27.3 Å². The van der Waals surface area contributed by atoms with Gasteiger partial charge in [-0.3, -0.25) is 10.2 Å². The van der Waals surface area contributed by atoms with Crippen LogP contribution in [-0.4, -0.2) is 55.5 Å². The van der Waals surface area contributed by atoms with Gasteiger partial charge >= 0.3 is 0 Å². The lowest BCUT2D eigenvalue weighted by atomic mass is 9.96. The molecule has 1 saturated carbocycles. The minimum Gasteiger partial charge on any atom is -0.490 e. The van der Waals surface area contributed by atoms with Gasteiger partial charge < -0.3 is 19.7 Å². The van der Waals surface area contributed by atoms with E-state index in [4.69, 9.17) is 21.7 Å². The molecule has 1 aromatic carbocycles. The minimum absolute atomic E-state index is 0.0677. The Balaban J connectivity index is 1.99. The van der Waals surface area contributed by atoms with Gasteiger partial charge in [0, 0.05) is 20.1 Å². The smallest absolute Gasteiger partial charge is 0.259 e. The van der Waals surface area contributed by atoms with Crippen molar-refractivity contribution in [3.05, 3.63) is 22.2 Å². The quantitative estimate of drug-likeness (QED) is 0.334. The summed E-state index contributed by atoms with van der Waals surface area (Å²) in [6.07, 6.45) is 7.74. The first kappa shape index (κ1) is 23.4. The largest absolute Gasteiger partial charge is 0.490 e. The molecular weight excluding hydrogens is 456 g/mol. The van der Waals surface area contributed by atoms with Gasteiger partial charge in [0.2, 0.25) is 0 Å². The van der Waals surface area contributed by atoms with Crippen molar-refractivity contribution in [3.8, 4) is 11.5 Å². The normalized spacial score (nSPS) is 14.5. The second-order valence-electron chi connectivity index (χ2n) is 7.02. The fraction of sp³-hybridized carbons (Fsp3) is 0.550. The monoisotopic (exact) mass is 484 g/mol. The molecule has 2 rings (SSSR count). The highest BCUT2D eigenvalue weighted by molar-refractivity contribution is 9.10. The minimum atomic E-state index is -0.131. The molecule has 1 aliphatic rings. The van der Waals surface area contributed by atoms with Gasteiger partial charge in [-0.05, 0) is 65.6 Å². The first-order chi connectivity index (χ1) is 13.9. The molecule has 29 heavy (non-hydrogen) atoms. The highest BCUT2D eigenvalue weighted by atomic mass is 79.9. The summed E-state index contributed by atoms with van der Waals surface area (Å²) in [6.45, 7) is 2.29. The third-order valence-electron chi connectivity index (χ3n) is 4.49. The molecule has 1 fully saturated rings. The zero-order chi connectivity index (χ0) is 21.2. The van der Waals surface area contributed by atoms with E-state index in [0.29, 0.717) is 33.7 Å². The van der Waals surface area contributed by atoms with Gasteiger partial charge in [-0.25, -0.2) is 0 Å². The zero-order valence-electron chi connectivity index (χ0n) is 17.2. The van der Waals surface area contributed by atoms with Gasteiger partial charge in [0.05, 0.1) is 17.3 Å². The molecule has 0 aromatic heterocycles. The van der Waals surface area contributed by atoms with E-state index in [1.54, 1.807) is 20.3 Å². The molecule has 7 nitrogen and oxygen atoms in total. The summed E-state index contributed by atoms with van der Waals surface area (Å²) in [5, 5.41) is 8.06. The summed E-state index contributed by atoms with van der Waals surface area (Å²) in [5.74, 6) is 0.896. The van der Waals surface area contributed by atoms with Gasteiger partial charge in [-0.15, -0.1) is 0 Å². The Morgan fingerprint density at radius 1 is 1.31 bits per heavy atom. The summed E-state index contributed by atoms with van der Waals surface area (Å²) in [5.41, 5.74) is 3.67. The molecule has 9 heteroatoms. The Hall–Kier alpha value is -1.87. The number of amides is 1. The molecule has 0 saturated heterocycles. The van der Waals surface area contributed by atoms with E-state index in [9.17, 15) is 4.79 Å². The lowest BCUT2D eigenvalue weighted by molar-refractivity contribution is -0.130. The number of rotatable bonds is 8. The van der Waals surface area contributed by atoms with Gasteiger partial charge in [-0.1, -0.05) is 19.3 Å². The Morgan fingerprint density at radius 2 is 2.03 bits per heavy atom. The topological polar surface area (TPSA) is 75.2 Å². The van der Waals surface area contributed by atoms with Crippen LogP contribution >= 0.6 is 28.1 Å². The number of carbonyl (C=O) groups is 1. The predicted octanol–water partition coefficient (Wildman–Crippen LogP) is 3.45. The maximum Gasteiger partial charge on any atom is 0.259 e. The summed E-state index contributed by atoms with van der Waals surface area (Å²) in [7, 11) is 3.37. The molecule has 1 amide bonds. The fourth-order valence-corrected chi connectivity index (χ4v) is 3.75. The van der Waals surface area contributed by atoms with Crippen LogP contribution in [0.2, 0.25) is 0 Å². The van der Waals surface area contributed by atoms with Crippen LogP contribution in [0.1, 0.15) is 44.6 Å². The molecule has 0 spiro atoms. The highest BCUT2D eigenvalue weighted by Crippen LogP contribution is 2.36. The molecule has 0 atom stereocenters. The number of benzene rings is 1. The number of hydrazone groups is 1. The Kier molecular flexibility index (Phi) is 9.66. The van der Waals surface area contributed by atoms with Gasteiger partial charge in [0.25, 0.3) is 5.91 Å². The number of nitrogens with one attached hydrogen (secondary N) is 2. The van der Waals surface area contributed by atoms with Crippen LogP contribution in [0.3, 0.4) is 0 Å². The maximum atomic E-state index is 11.8. The lowest BCUT2D eigenvalue weighted by Gasteiger charge is -2.23. The SMILES string of the molecule is CCOc1cc(C=NNC(=S)NC2CCCCC2)cc(Br)c1OCC(=O)N(C)C. The molecule has 1 aromatic rings. The number of likely N-dealkylation sites (N-methyl/N-ethyl adjacent to an activating group) is 1. The van der Waals surface area contributed by atoms with Crippen molar-refractivity contribution in [2.24, 2.45) is 5.10 Å². The number of thiocarbonyl (C=S) groups is 1. The lowest BCUT2D eigenvalue weighted by Crippen LogP contribution is -2.40. The number of carbonyl (C=O) groups excluding carboxylic acids is 1. The molecule has 0 aliphatic heterocycles. The van der Waals surface area contributed by atoms with Crippen LogP contribution < -0.4 is 20.2 Å². The average Bonchev–Trinajstić information content (AvgIpc) is 2.68. The van der Waals surface area contributed by atoms with Crippen molar-refractivity contribution in [2.45, 2.75) is 45.1 Å². The van der Waals surface area contributed by atoms with E-state index in [1.165, 1.54) is 24.2 Å². The van der Waals surface area contributed by atoms with Gasteiger partial charge in [-0.2, -0.15) is 5.10 Å². The highest BCUT2D eigenvalue weighted by Gasteiger charge is 2.15. The van der Waals surface area contributed by atoms with E-state index < -0.39 is 0 Å². The molecule has 2 N–H and O–H groups in total. The second-order valence-corrected chi connectivity index (χ2v) is 8.28. The van der Waals surface area contributed by atoms with E-state index >= 15 is 0 Å². The number of hydrogen-bond acceptors (Lipinski definition) is 5. The van der Waals surface area contributed by atoms with E-state index in [2.05, 4.69) is 31.8 Å². The first-order valence-electron chi connectivity index (χ1n) is 9.79. The third kappa shape index (κ3) is 7.81. The second kappa shape index (κ2) is 12.0. The third-order valence-corrected chi connectivity index (χ3v) is 5.29. The molecule has 0 bridgehead atoms. The fourth-order valence-electron chi connectivity index (χ4n) is 2.96. The Morgan fingerprint density at radius 3 is 2.69 bits per heavy atom. The molecule has 0 unspecified atom stereocenters. The van der Waals surface area contributed by atoms with Crippen LogP contribution in [0, 0.1) is 0 Å². The van der Waals surface area contributed by atoms with Crippen LogP contribution in [0.4, 0.5) is 0 Å². The number of halogens is 1. The van der Waals surface area contributed by atoms with Crippen molar-refractivity contribution in [3.63, 3.8) is 0 Å². The molecule has 1 aliphatic carbocycles. The molecule has 0 heterocycles. The number of ether oxygens (including phenoxy) is 2. The summed E-state index contributed by atoms with van der Waals surface area (Å²) >= 11 is 8.81.